The van der Waals surface area contributed by atoms with Gasteiger partial charge in [-0.15, -0.1) is 0 Å². The Morgan fingerprint density at radius 3 is 2.75 bits per heavy atom. The Labute approximate surface area is 100 Å². The summed E-state index contributed by atoms with van der Waals surface area (Å²) in [6.07, 6.45) is 0. The molecule has 1 aromatic carbocycles. The van der Waals surface area contributed by atoms with Crippen LogP contribution in [0.2, 0.25) is 5.02 Å². The number of benzene rings is 1. The van der Waals surface area contributed by atoms with Crippen LogP contribution in [-0.4, -0.2) is 43.4 Å². The summed E-state index contributed by atoms with van der Waals surface area (Å²) >= 11 is 5.79. The van der Waals surface area contributed by atoms with Gasteiger partial charge >= 0.3 is 0 Å². The monoisotopic (exact) mass is 238 g/mol. The standard InChI is InChI=1S/C12H15ClN2O/c1-15-7-6-14-11(8-15)12(16)9-2-4-10(13)5-3-9/h2-5,11,14H,6-8H2,1H3. The fourth-order valence-electron chi connectivity index (χ4n) is 1.89. The van der Waals surface area contributed by atoms with Gasteiger partial charge in [-0.3, -0.25) is 4.79 Å². The van der Waals surface area contributed by atoms with E-state index in [1.165, 1.54) is 0 Å². The van der Waals surface area contributed by atoms with Crippen molar-refractivity contribution in [1.29, 1.82) is 0 Å². The molecule has 1 N–H and O–H groups in total. The first-order valence-electron chi connectivity index (χ1n) is 5.38. The Kier molecular flexibility index (Phi) is 3.59. The molecule has 16 heavy (non-hydrogen) atoms. The number of hydrogen-bond acceptors (Lipinski definition) is 3. The van der Waals surface area contributed by atoms with Gasteiger partial charge in [-0.1, -0.05) is 11.6 Å². The minimum Gasteiger partial charge on any atom is -0.305 e. The van der Waals surface area contributed by atoms with Crippen LogP contribution in [0.4, 0.5) is 0 Å². The number of ketones is 1. The van der Waals surface area contributed by atoms with E-state index in [4.69, 9.17) is 11.6 Å². The third-order valence-corrected chi connectivity index (χ3v) is 3.08. The third-order valence-electron chi connectivity index (χ3n) is 2.82. The number of piperazine rings is 1. The van der Waals surface area contributed by atoms with E-state index in [1.807, 2.05) is 7.05 Å². The second kappa shape index (κ2) is 4.95. The number of Topliss-reactive ketones (excluding diaryl/α,β-unsaturated/α-hetero) is 1. The highest BCUT2D eigenvalue weighted by molar-refractivity contribution is 6.30. The van der Waals surface area contributed by atoms with E-state index in [0.717, 1.165) is 25.2 Å². The molecule has 0 radical (unpaired) electrons. The first kappa shape index (κ1) is 11.6. The van der Waals surface area contributed by atoms with Gasteiger partial charge in [0.05, 0.1) is 6.04 Å². The van der Waals surface area contributed by atoms with Crippen LogP contribution in [0.15, 0.2) is 24.3 Å². The molecule has 3 nitrogen and oxygen atoms in total. The summed E-state index contributed by atoms with van der Waals surface area (Å²) in [5.41, 5.74) is 0.720. The number of likely N-dealkylation sites (N-methyl/N-ethyl adjacent to an activating group) is 1. The highest BCUT2D eigenvalue weighted by atomic mass is 35.5. The van der Waals surface area contributed by atoms with Crippen LogP contribution in [0, 0.1) is 0 Å². The van der Waals surface area contributed by atoms with Gasteiger partial charge < -0.3 is 10.2 Å². The first-order valence-corrected chi connectivity index (χ1v) is 5.76. The van der Waals surface area contributed by atoms with Gasteiger partial charge in [-0.25, -0.2) is 0 Å². The average Bonchev–Trinajstić information content (AvgIpc) is 2.29. The van der Waals surface area contributed by atoms with E-state index in [-0.39, 0.29) is 11.8 Å². The number of hydrogen-bond donors (Lipinski definition) is 1. The molecule has 1 heterocycles. The number of carbonyl (C=O) groups excluding carboxylic acids is 1. The molecular formula is C12H15ClN2O. The molecule has 1 unspecified atom stereocenters. The molecule has 1 saturated heterocycles. The van der Waals surface area contributed by atoms with E-state index in [9.17, 15) is 4.79 Å². The fraction of sp³-hybridized carbons (Fsp3) is 0.417. The SMILES string of the molecule is CN1CCNC(C(=O)c2ccc(Cl)cc2)C1. The van der Waals surface area contributed by atoms with Crippen molar-refractivity contribution in [3.63, 3.8) is 0 Å². The zero-order valence-corrected chi connectivity index (χ0v) is 10.00. The lowest BCUT2D eigenvalue weighted by molar-refractivity contribution is 0.0894. The zero-order valence-electron chi connectivity index (χ0n) is 9.24. The Bertz CT molecular complexity index is 377. The summed E-state index contributed by atoms with van der Waals surface area (Å²) in [7, 11) is 2.03. The minimum atomic E-state index is -0.0973. The Morgan fingerprint density at radius 1 is 1.44 bits per heavy atom. The van der Waals surface area contributed by atoms with Crippen LogP contribution in [0.5, 0.6) is 0 Å². The molecule has 1 aliphatic rings. The Morgan fingerprint density at radius 2 is 2.12 bits per heavy atom. The summed E-state index contributed by atoms with van der Waals surface area (Å²) < 4.78 is 0. The summed E-state index contributed by atoms with van der Waals surface area (Å²) in [5.74, 6) is 0.142. The van der Waals surface area contributed by atoms with Crippen molar-refractivity contribution in [2.45, 2.75) is 6.04 Å². The molecule has 86 valence electrons. The van der Waals surface area contributed by atoms with Crippen LogP contribution in [0.3, 0.4) is 0 Å². The van der Waals surface area contributed by atoms with Crippen molar-refractivity contribution < 1.29 is 4.79 Å². The normalized spacial score (nSPS) is 22.0. The molecule has 1 atom stereocenters. The fourth-order valence-corrected chi connectivity index (χ4v) is 2.01. The molecule has 0 spiro atoms. The zero-order chi connectivity index (χ0) is 11.5. The van der Waals surface area contributed by atoms with Gasteiger partial charge in [-0.2, -0.15) is 0 Å². The van der Waals surface area contributed by atoms with E-state index in [2.05, 4.69) is 10.2 Å². The molecule has 0 saturated carbocycles. The maximum atomic E-state index is 12.1. The third kappa shape index (κ3) is 2.61. The lowest BCUT2D eigenvalue weighted by atomic mass is 10.0. The minimum absolute atomic E-state index is 0.0973. The maximum absolute atomic E-state index is 12.1. The lowest BCUT2D eigenvalue weighted by Gasteiger charge is -2.29. The molecule has 0 bridgehead atoms. The molecule has 1 aromatic rings. The van der Waals surface area contributed by atoms with Crippen LogP contribution in [-0.2, 0) is 0 Å². The molecule has 0 aromatic heterocycles. The first-order chi connectivity index (χ1) is 7.66. The Balaban J connectivity index is 2.09. The van der Waals surface area contributed by atoms with Crippen molar-refractivity contribution in [3.05, 3.63) is 34.9 Å². The van der Waals surface area contributed by atoms with Gasteiger partial charge in [0.1, 0.15) is 0 Å². The highest BCUT2D eigenvalue weighted by Crippen LogP contribution is 2.12. The van der Waals surface area contributed by atoms with Crippen molar-refractivity contribution >= 4 is 17.4 Å². The van der Waals surface area contributed by atoms with Crippen LogP contribution >= 0.6 is 11.6 Å². The number of halogens is 1. The smallest absolute Gasteiger partial charge is 0.181 e. The van der Waals surface area contributed by atoms with Crippen molar-refractivity contribution in [2.75, 3.05) is 26.7 Å². The van der Waals surface area contributed by atoms with Gasteiger partial charge in [0, 0.05) is 30.2 Å². The molecule has 1 aliphatic heterocycles. The van der Waals surface area contributed by atoms with Crippen LogP contribution < -0.4 is 5.32 Å². The van der Waals surface area contributed by atoms with E-state index in [1.54, 1.807) is 24.3 Å². The highest BCUT2D eigenvalue weighted by Gasteiger charge is 2.24. The molecular weight excluding hydrogens is 224 g/mol. The quantitative estimate of drug-likeness (QED) is 0.792. The molecule has 1 fully saturated rings. The predicted molar refractivity (Wildman–Crippen MR) is 65.1 cm³/mol. The number of rotatable bonds is 2. The largest absolute Gasteiger partial charge is 0.305 e. The summed E-state index contributed by atoms with van der Waals surface area (Å²) in [6, 6.07) is 6.96. The maximum Gasteiger partial charge on any atom is 0.181 e. The van der Waals surface area contributed by atoms with E-state index in [0.29, 0.717) is 5.02 Å². The topological polar surface area (TPSA) is 32.3 Å². The van der Waals surface area contributed by atoms with Crippen molar-refractivity contribution in [3.8, 4) is 0 Å². The van der Waals surface area contributed by atoms with Crippen LogP contribution in [0.25, 0.3) is 0 Å². The van der Waals surface area contributed by atoms with Gasteiger partial charge in [-0.05, 0) is 31.3 Å². The Hall–Kier alpha value is -0.900. The van der Waals surface area contributed by atoms with Crippen molar-refractivity contribution in [2.24, 2.45) is 0 Å². The van der Waals surface area contributed by atoms with Gasteiger partial charge in [0.25, 0.3) is 0 Å². The average molecular weight is 239 g/mol. The summed E-state index contributed by atoms with van der Waals surface area (Å²) in [6.45, 7) is 2.62. The second-order valence-electron chi connectivity index (χ2n) is 4.14. The lowest BCUT2D eigenvalue weighted by Crippen LogP contribution is -2.52. The predicted octanol–water partition coefficient (Wildman–Crippen LogP) is 1.43. The van der Waals surface area contributed by atoms with E-state index < -0.39 is 0 Å². The van der Waals surface area contributed by atoms with Crippen LogP contribution in [0.1, 0.15) is 10.4 Å². The van der Waals surface area contributed by atoms with Crippen molar-refractivity contribution in [1.82, 2.24) is 10.2 Å². The van der Waals surface area contributed by atoms with Gasteiger partial charge in [0.2, 0.25) is 0 Å². The number of carbonyl (C=O) groups is 1. The molecule has 2 rings (SSSR count). The molecule has 0 amide bonds. The second-order valence-corrected chi connectivity index (χ2v) is 4.58. The summed E-state index contributed by atoms with van der Waals surface area (Å²) in [5, 5.41) is 3.90. The molecule has 0 aliphatic carbocycles. The van der Waals surface area contributed by atoms with E-state index >= 15 is 0 Å². The number of nitrogens with zero attached hydrogens (tertiary/aromatic N) is 1. The van der Waals surface area contributed by atoms with Gasteiger partial charge in [0.15, 0.2) is 5.78 Å². The molecule has 4 heteroatoms. The summed E-state index contributed by atoms with van der Waals surface area (Å²) in [4.78, 5) is 14.3. The number of nitrogens with one attached hydrogen (secondary N) is 1.